The van der Waals surface area contributed by atoms with Crippen LogP contribution in [0.4, 0.5) is 4.39 Å². The molecule has 0 radical (unpaired) electrons. The summed E-state index contributed by atoms with van der Waals surface area (Å²) in [4.78, 5) is 28.7. The molecule has 0 saturated heterocycles. The van der Waals surface area contributed by atoms with Gasteiger partial charge in [-0.2, -0.15) is 5.10 Å². The summed E-state index contributed by atoms with van der Waals surface area (Å²) in [6.07, 6.45) is 1.43. The van der Waals surface area contributed by atoms with Crippen molar-refractivity contribution in [2.24, 2.45) is 5.10 Å². The van der Waals surface area contributed by atoms with Gasteiger partial charge < -0.3 is 14.5 Å². The summed E-state index contributed by atoms with van der Waals surface area (Å²) in [6, 6.07) is 24.8. The molecule has 0 unspecified atom stereocenters. The van der Waals surface area contributed by atoms with Gasteiger partial charge in [0.1, 0.15) is 11.5 Å². The molecule has 0 spiro atoms. The van der Waals surface area contributed by atoms with Crippen LogP contribution in [0.25, 0.3) is 22.0 Å². The summed E-state index contributed by atoms with van der Waals surface area (Å²) in [6.45, 7) is 2.16. The molecule has 200 valence electrons. The zero-order valence-corrected chi connectivity index (χ0v) is 22.0. The largest absolute Gasteiger partial charge is 0.490 e. The first kappa shape index (κ1) is 26.6. The maximum absolute atomic E-state index is 14.1. The fraction of sp³-hybridized carbons (Fsp3) is 0.0645. The van der Waals surface area contributed by atoms with E-state index in [1.54, 1.807) is 72.8 Å². The summed E-state index contributed by atoms with van der Waals surface area (Å²) < 4.78 is 25.3. The van der Waals surface area contributed by atoms with Gasteiger partial charge in [-0.1, -0.05) is 48.0 Å². The van der Waals surface area contributed by atoms with E-state index >= 15 is 0 Å². The summed E-state index contributed by atoms with van der Waals surface area (Å²) in [5.74, 6) is -0.885. The number of hydrogen-bond acceptors (Lipinski definition) is 5. The Morgan fingerprint density at radius 2 is 1.75 bits per heavy atom. The van der Waals surface area contributed by atoms with Gasteiger partial charge in [0.25, 0.3) is 5.91 Å². The highest BCUT2D eigenvalue weighted by Crippen LogP contribution is 2.37. The fourth-order valence-corrected chi connectivity index (χ4v) is 4.42. The Labute approximate surface area is 234 Å². The number of nitrogens with one attached hydrogen (secondary N) is 2. The van der Waals surface area contributed by atoms with E-state index in [-0.39, 0.29) is 11.4 Å². The van der Waals surface area contributed by atoms with E-state index < -0.39 is 17.7 Å². The first-order valence-corrected chi connectivity index (χ1v) is 12.8. The van der Waals surface area contributed by atoms with Crippen molar-refractivity contribution in [3.8, 4) is 22.6 Å². The van der Waals surface area contributed by atoms with E-state index in [0.29, 0.717) is 50.5 Å². The zero-order chi connectivity index (χ0) is 28.1. The van der Waals surface area contributed by atoms with Crippen molar-refractivity contribution in [1.82, 2.24) is 10.4 Å². The number of halogens is 2. The highest BCUT2D eigenvalue weighted by Gasteiger charge is 2.21. The molecule has 0 atom stereocenters. The van der Waals surface area contributed by atoms with E-state index in [0.717, 1.165) is 0 Å². The van der Waals surface area contributed by atoms with Crippen LogP contribution in [0.15, 0.2) is 96.1 Å². The smallest absolute Gasteiger partial charge is 0.343 e. The average Bonchev–Trinajstić information content (AvgIpc) is 3.33. The molecular weight excluding hydrogens is 533 g/mol. The molecule has 2 N–H and O–H groups in total. The molecule has 0 aliphatic rings. The number of H-pyrrole nitrogens is 1. The number of aromatic amines is 1. The van der Waals surface area contributed by atoms with Crippen LogP contribution in [0.2, 0.25) is 5.02 Å². The Morgan fingerprint density at radius 1 is 0.975 bits per heavy atom. The van der Waals surface area contributed by atoms with Crippen molar-refractivity contribution in [2.45, 2.75) is 6.92 Å². The molecular formula is C31H23ClFN3O4. The molecule has 0 bridgehead atoms. The molecule has 1 heterocycles. The Kier molecular flexibility index (Phi) is 7.89. The summed E-state index contributed by atoms with van der Waals surface area (Å²) in [5, 5.41) is 5.02. The Morgan fingerprint density at radius 3 is 2.52 bits per heavy atom. The molecule has 5 rings (SSSR count). The van der Waals surface area contributed by atoms with Gasteiger partial charge in [-0.05, 0) is 67.1 Å². The molecule has 40 heavy (non-hydrogen) atoms. The van der Waals surface area contributed by atoms with Gasteiger partial charge in [-0.25, -0.2) is 14.6 Å². The molecule has 1 amide bonds. The fourth-order valence-electron chi connectivity index (χ4n) is 4.19. The quantitative estimate of drug-likeness (QED) is 0.0932. The van der Waals surface area contributed by atoms with Gasteiger partial charge >= 0.3 is 5.97 Å². The maximum atomic E-state index is 14.1. The number of esters is 1. The Hall–Kier alpha value is -4.95. The number of hydrogen-bond donors (Lipinski definition) is 2. The summed E-state index contributed by atoms with van der Waals surface area (Å²) in [7, 11) is 0. The standard InChI is InChI=1S/C31H23ClFN3O4/c1-2-39-27-16-19(12-15-26(27)40-31(38)20-8-4-3-5-9-20)18-34-36-30(37)29-28(22-10-6-7-11-24(22)32)23-17-21(33)13-14-25(23)35-29/h3-18,35H,2H2,1H3,(H,36,37). The Bertz CT molecular complexity index is 1730. The van der Waals surface area contributed by atoms with E-state index in [1.807, 2.05) is 13.0 Å². The van der Waals surface area contributed by atoms with Crippen molar-refractivity contribution in [3.63, 3.8) is 0 Å². The molecule has 0 aliphatic heterocycles. The van der Waals surface area contributed by atoms with Gasteiger partial charge in [0, 0.05) is 27.1 Å². The van der Waals surface area contributed by atoms with Crippen LogP contribution in [0.1, 0.15) is 33.3 Å². The van der Waals surface area contributed by atoms with Crippen LogP contribution in [0.3, 0.4) is 0 Å². The van der Waals surface area contributed by atoms with E-state index in [1.165, 1.54) is 18.3 Å². The monoisotopic (exact) mass is 555 g/mol. The third kappa shape index (κ3) is 5.72. The second-order valence-electron chi connectivity index (χ2n) is 8.64. The van der Waals surface area contributed by atoms with Gasteiger partial charge in [0.05, 0.1) is 18.4 Å². The summed E-state index contributed by atoms with van der Waals surface area (Å²) in [5.41, 5.74) is 5.32. The topological polar surface area (TPSA) is 92.8 Å². The molecule has 7 nitrogen and oxygen atoms in total. The van der Waals surface area contributed by atoms with E-state index in [9.17, 15) is 14.0 Å². The van der Waals surface area contributed by atoms with Gasteiger partial charge in [-0.15, -0.1) is 0 Å². The lowest BCUT2D eigenvalue weighted by Gasteiger charge is -2.11. The van der Waals surface area contributed by atoms with Crippen LogP contribution < -0.4 is 14.9 Å². The highest BCUT2D eigenvalue weighted by atomic mass is 35.5. The van der Waals surface area contributed by atoms with Crippen LogP contribution in [0.5, 0.6) is 11.5 Å². The number of aromatic nitrogens is 1. The van der Waals surface area contributed by atoms with Gasteiger partial charge in [0.15, 0.2) is 11.5 Å². The predicted molar refractivity (Wildman–Crippen MR) is 153 cm³/mol. The van der Waals surface area contributed by atoms with Crippen LogP contribution in [-0.4, -0.2) is 29.7 Å². The first-order chi connectivity index (χ1) is 19.4. The average molecular weight is 556 g/mol. The third-order valence-corrected chi connectivity index (χ3v) is 6.32. The highest BCUT2D eigenvalue weighted by molar-refractivity contribution is 6.34. The number of nitrogens with zero attached hydrogens (tertiary/aromatic N) is 1. The molecule has 9 heteroatoms. The normalized spacial score (nSPS) is 11.1. The predicted octanol–water partition coefficient (Wildman–Crippen LogP) is 7.01. The van der Waals surface area contributed by atoms with Crippen molar-refractivity contribution >= 4 is 40.6 Å². The maximum Gasteiger partial charge on any atom is 0.343 e. The minimum atomic E-state index is -0.541. The number of ether oxygens (including phenoxy) is 2. The molecule has 0 aliphatic carbocycles. The third-order valence-electron chi connectivity index (χ3n) is 5.99. The summed E-state index contributed by atoms with van der Waals surface area (Å²) >= 11 is 6.42. The molecule has 0 fully saturated rings. The molecule has 4 aromatic carbocycles. The lowest BCUT2D eigenvalue weighted by atomic mass is 10.0. The number of carbonyl (C=O) groups is 2. The van der Waals surface area contributed by atoms with Gasteiger partial charge in [-0.3, -0.25) is 4.79 Å². The molecule has 5 aromatic rings. The Balaban J connectivity index is 1.38. The van der Waals surface area contributed by atoms with Gasteiger partial charge in [0.2, 0.25) is 0 Å². The van der Waals surface area contributed by atoms with Crippen molar-refractivity contribution in [1.29, 1.82) is 0 Å². The SMILES string of the molecule is CCOc1cc(C=NNC(=O)c2[nH]c3ccc(F)cc3c2-c2ccccc2Cl)ccc1OC(=O)c1ccccc1. The van der Waals surface area contributed by atoms with Crippen LogP contribution in [-0.2, 0) is 0 Å². The van der Waals surface area contributed by atoms with Crippen LogP contribution in [0, 0.1) is 5.82 Å². The molecule has 1 aromatic heterocycles. The first-order valence-electron chi connectivity index (χ1n) is 12.4. The number of carbonyl (C=O) groups excluding carboxylic acids is 2. The molecule has 0 saturated carbocycles. The number of rotatable bonds is 8. The number of amides is 1. The van der Waals surface area contributed by atoms with Crippen molar-refractivity contribution < 1.29 is 23.5 Å². The van der Waals surface area contributed by atoms with Crippen molar-refractivity contribution in [3.05, 3.63) is 119 Å². The van der Waals surface area contributed by atoms with Crippen LogP contribution >= 0.6 is 11.6 Å². The zero-order valence-electron chi connectivity index (χ0n) is 21.3. The second-order valence-corrected chi connectivity index (χ2v) is 9.05. The number of hydrazone groups is 1. The minimum absolute atomic E-state index is 0.184. The lowest BCUT2D eigenvalue weighted by Crippen LogP contribution is -2.19. The van der Waals surface area contributed by atoms with E-state index in [2.05, 4.69) is 15.5 Å². The van der Waals surface area contributed by atoms with Crippen molar-refractivity contribution in [2.75, 3.05) is 6.61 Å². The van der Waals surface area contributed by atoms with E-state index in [4.69, 9.17) is 21.1 Å². The number of fused-ring (bicyclic) bond motifs is 1. The lowest BCUT2D eigenvalue weighted by molar-refractivity contribution is 0.0728. The minimum Gasteiger partial charge on any atom is -0.490 e. The number of benzene rings is 4. The second kappa shape index (κ2) is 11.8.